The van der Waals surface area contributed by atoms with Crippen LogP contribution in [0.25, 0.3) is 101 Å². The first kappa shape index (κ1) is 37.2. The summed E-state index contributed by atoms with van der Waals surface area (Å²) in [7, 11) is 11.1. The highest BCUT2D eigenvalue weighted by molar-refractivity contribution is 6.68. The summed E-state index contributed by atoms with van der Waals surface area (Å²) in [6.07, 6.45) is 0. The molecule has 0 spiro atoms. The summed E-state index contributed by atoms with van der Waals surface area (Å²) in [5, 5.41) is 2.06. The Labute approximate surface area is 354 Å². The van der Waals surface area contributed by atoms with E-state index in [9.17, 15) is 0 Å². The van der Waals surface area contributed by atoms with Crippen LogP contribution in [0, 0.1) is 0 Å². The average Bonchev–Trinajstić information content (AvgIpc) is 3.69. The van der Waals surface area contributed by atoms with Crippen LogP contribution < -0.4 is 27.3 Å². The maximum atomic E-state index is 6.62. The van der Waals surface area contributed by atoms with Gasteiger partial charge in [0.2, 0.25) is 0 Å². The van der Waals surface area contributed by atoms with E-state index in [1.165, 1.54) is 60.7 Å². The molecule has 0 bridgehead atoms. The first-order chi connectivity index (χ1) is 29.3. The van der Waals surface area contributed by atoms with Gasteiger partial charge in [-0.25, -0.2) is 15.0 Å². The zero-order valence-electron chi connectivity index (χ0n) is 34.4. The number of fused-ring (bicyclic) bond motifs is 3. The number of rotatable bonds is 7. The second kappa shape index (κ2) is 15.2. The standard InChI is InChI=1S/C51H38B5N3O/c52-43-42(44(53)46(55)47(56)45(43)54)34-22-24-36(25-23-34)50-57-49(35-10-5-2-6-11-35)58-51(59-50)37-26-27-41-40(28-37)39-13-7-12-38(48(39)60-41)33-20-18-32(19-21-33)31-16-14-30(15-17-31)29-8-3-1-4-9-29/h1-28H,52-56H2. The van der Waals surface area contributed by atoms with Crippen LogP contribution in [0.1, 0.15) is 0 Å². The molecule has 0 unspecified atom stereocenters. The molecule has 10 rings (SSSR count). The Hall–Kier alpha value is -7.11. The van der Waals surface area contributed by atoms with Crippen LogP contribution in [-0.2, 0) is 0 Å². The van der Waals surface area contributed by atoms with Crippen molar-refractivity contribution in [3.8, 4) is 78.7 Å². The van der Waals surface area contributed by atoms with Gasteiger partial charge in [0.15, 0.2) is 17.5 Å². The van der Waals surface area contributed by atoms with Crippen molar-refractivity contribution in [3.05, 3.63) is 170 Å². The van der Waals surface area contributed by atoms with E-state index in [2.05, 4.69) is 161 Å². The fourth-order valence-corrected chi connectivity index (χ4v) is 8.56. The minimum atomic E-state index is 0.610. The molecule has 0 amide bonds. The number of aromatic nitrogens is 3. The molecular weight excluding hydrogens is 725 g/mol. The summed E-state index contributed by atoms with van der Waals surface area (Å²) in [6, 6.07) is 59.4. The number of hydrogen-bond acceptors (Lipinski definition) is 4. The third-order valence-corrected chi connectivity index (χ3v) is 12.4. The van der Waals surface area contributed by atoms with Gasteiger partial charge in [-0.2, -0.15) is 0 Å². The van der Waals surface area contributed by atoms with E-state index in [-0.39, 0.29) is 0 Å². The minimum absolute atomic E-state index is 0.610. The fraction of sp³-hybridized carbons (Fsp3) is 0. The van der Waals surface area contributed by atoms with Crippen LogP contribution in [0.5, 0.6) is 0 Å². The Bertz CT molecular complexity index is 3200. The summed E-state index contributed by atoms with van der Waals surface area (Å²) in [4.78, 5) is 15.2. The van der Waals surface area contributed by atoms with Gasteiger partial charge >= 0.3 is 0 Å². The maximum Gasteiger partial charge on any atom is 0.164 e. The van der Waals surface area contributed by atoms with E-state index < -0.39 is 0 Å². The lowest BCUT2D eigenvalue weighted by Crippen LogP contribution is -2.55. The van der Waals surface area contributed by atoms with Crippen molar-refractivity contribution in [2.24, 2.45) is 0 Å². The SMILES string of the molecule is Bc1c(B)c(B)c(-c2ccc(-c3nc(-c4ccccc4)nc(-c4ccc5oc6c(-c7ccc(-c8ccc(-c9ccccc9)cc8)cc7)cccc6c5c4)n3)cc2)c(B)c1B. The predicted molar refractivity (Wildman–Crippen MR) is 266 cm³/mol. The first-order valence-electron chi connectivity index (χ1n) is 20.5. The Balaban J connectivity index is 1.00. The smallest absolute Gasteiger partial charge is 0.164 e. The van der Waals surface area contributed by atoms with E-state index >= 15 is 0 Å². The molecular formula is C51H38B5N3O. The van der Waals surface area contributed by atoms with Gasteiger partial charge in [-0.1, -0.05) is 163 Å². The zero-order chi connectivity index (χ0) is 40.9. The number of nitrogens with zero attached hydrogens (tertiary/aromatic N) is 3. The van der Waals surface area contributed by atoms with Crippen molar-refractivity contribution < 1.29 is 4.42 Å². The molecule has 2 aromatic heterocycles. The zero-order valence-corrected chi connectivity index (χ0v) is 34.4. The van der Waals surface area contributed by atoms with Gasteiger partial charge in [0, 0.05) is 33.0 Å². The highest BCUT2D eigenvalue weighted by atomic mass is 16.3. The number of hydrogen-bond donors (Lipinski definition) is 0. The molecule has 10 aromatic rings. The predicted octanol–water partition coefficient (Wildman–Crippen LogP) is 4.73. The topological polar surface area (TPSA) is 51.8 Å². The van der Waals surface area contributed by atoms with Gasteiger partial charge in [-0.05, 0) is 57.1 Å². The third-order valence-electron chi connectivity index (χ3n) is 12.4. The van der Waals surface area contributed by atoms with Gasteiger partial charge in [0.25, 0.3) is 0 Å². The van der Waals surface area contributed by atoms with E-state index in [0.717, 1.165) is 49.8 Å². The Morgan fingerprint density at radius 3 is 1.30 bits per heavy atom. The Kier molecular flexibility index (Phi) is 9.45. The Morgan fingerprint density at radius 1 is 0.317 bits per heavy atom. The molecule has 278 valence electrons. The normalized spacial score (nSPS) is 11.3. The second-order valence-corrected chi connectivity index (χ2v) is 15.8. The summed E-state index contributed by atoms with van der Waals surface area (Å²) in [5.41, 5.74) is 20.6. The second-order valence-electron chi connectivity index (χ2n) is 15.8. The van der Waals surface area contributed by atoms with Crippen molar-refractivity contribution in [1.82, 2.24) is 15.0 Å². The van der Waals surface area contributed by atoms with E-state index in [1.54, 1.807) is 0 Å². The molecule has 0 saturated carbocycles. The highest BCUT2D eigenvalue weighted by Crippen LogP contribution is 2.38. The van der Waals surface area contributed by atoms with Gasteiger partial charge in [0.05, 0.1) is 0 Å². The lowest BCUT2D eigenvalue weighted by Gasteiger charge is -2.20. The van der Waals surface area contributed by atoms with Gasteiger partial charge < -0.3 is 4.42 Å². The summed E-state index contributed by atoms with van der Waals surface area (Å²) < 4.78 is 6.62. The molecule has 60 heavy (non-hydrogen) atoms. The summed E-state index contributed by atoms with van der Waals surface area (Å²) in [6.45, 7) is 0. The van der Waals surface area contributed by atoms with Crippen LogP contribution in [-0.4, -0.2) is 54.2 Å². The maximum absolute atomic E-state index is 6.62. The molecule has 0 atom stereocenters. The molecule has 0 radical (unpaired) electrons. The minimum Gasteiger partial charge on any atom is -0.455 e. The number of benzene rings is 8. The van der Waals surface area contributed by atoms with Crippen molar-refractivity contribution >= 4 is 88.5 Å². The van der Waals surface area contributed by atoms with Crippen LogP contribution in [0.15, 0.2) is 174 Å². The van der Waals surface area contributed by atoms with Crippen molar-refractivity contribution in [2.75, 3.05) is 0 Å². The molecule has 4 nitrogen and oxygen atoms in total. The monoisotopic (exact) mass is 763 g/mol. The van der Waals surface area contributed by atoms with Crippen LogP contribution >= 0.6 is 0 Å². The number of para-hydroxylation sites is 1. The van der Waals surface area contributed by atoms with Crippen LogP contribution in [0.2, 0.25) is 0 Å². The molecule has 0 N–H and O–H groups in total. The lowest BCUT2D eigenvalue weighted by atomic mass is 9.59. The molecule has 0 aliphatic heterocycles. The molecule has 0 aliphatic rings. The molecule has 0 aliphatic carbocycles. The van der Waals surface area contributed by atoms with Gasteiger partial charge in [-0.3, -0.25) is 0 Å². The molecule has 0 fully saturated rings. The van der Waals surface area contributed by atoms with E-state index in [1.807, 2.05) is 48.5 Å². The molecule has 8 aromatic carbocycles. The summed E-state index contributed by atoms with van der Waals surface area (Å²) in [5.74, 6) is 1.87. The third kappa shape index (κ3) is 6.66. The van der Waals surface area contributed by atoms with Gasteiger partial charge in [0.1, 0.15) is 50.4 Å². The van der Waals surface area contributed by atoms with Crippen LogP contribution in [0.3, 0.4) is 0 Å². The molecule has 0 saturated heterocycles. The molecule has 2 heterocycles. The van der Waals surface area contributed by atoms with Gasteiger partial charge in [-0.15, -0.1) is 16.4 Å². The van der Waals surface area contributed by atoms with Crippen molar-refractivity contribution in [2.45, 2.75) is 0 Å². The largest absolute Gasteiger partial charge is 0.455 e. The van der Waals surface area contributed by atoms with Crippen molar-refractivity contribution in [3.63, 3.8) is 0 Å². The first-order valence-corrected chi connectivity index (χ1v) is 20.5. The average molecular weight is 763 g/mol. The van der Waals surface area contributed by atoms with E-state index in [4.69, 9.17) is 19.4 Å². The van der Waals surface area contributed by atoms with E-state index in [0.29, 0.717) is 17.5 Å². The quantitative estimate of drug-likeness (QED) is 0.221. The lowest BCUT2D eigenvalue weighted by molar-refractivity contribution is 0.670. The fourth-order valence-electron chi connectivity index (χ4n) is 8.56. The Morgan fingerprint density at radius 2 is 0.733 bits per heavy atom. The highest BCUT2D eigenvalue weighted by Gasteiger charge is 2.18. The van der Waals surface area contributed by atoms with Crippen LogP contribution in [0.4, 0.5) is 0 Å². The summed E-state index contributed by atoms with van der Waals surface area (Å²) >= 11 is 0. The van der Waals surface area contributed by atoms with Crippen molar-refractivity contribution in [1.29, 1.82) is 0 Å². The number of furan rings is 1. The molecule has 9 heteroatoms.